The number of aliphatic carboxylic acids is 1. The van der Waals surface area contributed by atoms with Gasteiger partial charge in [-0.2, -0.15) is 0 Å². The predicted octanol–water partition coefficient (Wildman–Crippen LogP) is 2.35. The third-order valence-corrected chi connectivity index (χ3v) is 4.29. The normalized spacial score (nSPS) is 16.1. The van der Waals surface area contributed by atoms with Gasteiger partial charge in [-0.1, -0.05) is 24.3 Å². The molecular weight excluding hydrogens is 367 g/mol. The number of amides is 2. The predicted molar refractivity (Wildman–Crippen MR) is 99.0 cm³/mol. The average molecular weight is 388 g/mol. The van der Waals surface area contributed by atoms with Crippen LogP contribution in [0, 0.1) is 5.82 Å². The minimum Gasteiger partial charge on any atom is -0.486 e. The van der Waals surface area contributed by atoms with Crippen LogP contribution in [0.15, 0.2) is 48.5 Å². The Morgan fingerprint density at radius 3 is 2.57 bits per heavy atom. The van der Waals surface area contributed by atoms with Crippen molar-refractivity contribution >= 4 is 12.0 Å². The Balaban J connectivity index is 1.69. The van der Waals surface area contributed by atoms with E-state index >= 15 is 0 Å². The van der Waals surface area contributed by atoms with E-state index in [0.717, 1.165) is 5.56 Å². The molecule has 1 aliphatic heterocycles. The smallest absolute Gasteiger partial charge is 0.315 e. The van der Waals surface area contributed by atoms with Gasteiger partial charge in [-0.25, -0.2) is 9.18 Å². The molecule has 0 bridgehead atoms. The van der Waals surface area contributed by atoms with Crippen LogP contribution in [0.25, 0.3) is 0 Å². The van der Waals surface area contributed by atoms with Gasteiger partial charge in [0.2, 0.25) is 0 Å². The van der Waals surface area contributed by atoms with E-state index < -0.39 is 24.1 Å². The van der Waals surface area contributed by atoms with E-state index in [0.29, 0.717) is 17.9 Å². The summed E-state index contributed by atoms with van der Waals surface area (Å²) in [5.41, 5.74) is 0.819. The first-order chi connectivity index (χ1) is 13.5. The summed E-state index contributed by atoms with van der Waals surface area (Å²) in [5.74, 6) is -0.129. The van der Waals surface area contributed by atoms with Gasteiger partial charge in [0.1, 0.15) is 12.4 Å². The number of carboxylic acid groups (broad SMARTS) is 1. The number of ether oxygens (including phenoxy) is 2. The fourth-order valence-electron chi connectivity index (χ4n) is 2.89. The van der Waals surface area contributed by atoms with Gasteiger partial charge in [-0.3, -0.25) is 4.79 Å². The molecule has 3 N–H and O–H groups in total. The van der Waals surface area contributed by atoms with Crippen molar-refractivity contribution in [1.82, 2.24) is 10.6 Å². The van der Waals surface area contributed by atoms with Crippen molar-refractivity contribution in [3.05, 3.63) is 59.9 Å². The second-order valence-electron chi connectivity index (χ2n) is 6.40. The lowest BCUT2D eigenvalue weighted by molar-refractivity contribution is -0.136. The number of urea groups is 1. The van der Waals surface area contributed by atoms with Crippen molar-refractivity contribution < 1.29 is 28.6 Å². The summed E-state index contributed by atoms with van der Waals surface area (Å²) in [6, 6.07) is 12.3. The number of carboxylic acids is 1. The topological polar surface area (TPSA) is 96.9 Å². The molecule has 0 saturated heterocycles. The summed E-state index contributed by atoms with van der Waals surface area (Å²) in [7, 11) is 0. The molecule has 2 aromatic carbocycles. The fraction of sp³-hybridized carbons (Fsp3) is 0.300. The molecule has 8 heteroatoms. The Hall–Kier alpha value is -3.29. The Morgan fingerprint density at radius 2 is 1.86 bits per heavy atom. The Morgan fingerprint density at radius 1 is 1.14 bits per heavy atom. The number of para-hydroxylation sites is 2. The van der Waals surface area contributed by atoms with Gasteiger partial charge < -0.3 is 25.2 Å². The van der Waals surface area contributed by atoms with Gasteiger partial charge in [0, 0.05) is 6.54 Å². The quantitative estimate of drug-likeness (QED) is 0.677. The molecule has 2 unspecified atom stereocenters. The average Bonchev–Trinajstić information content (AvgIpc) is 2.68. The zero-order valence-corrected chi connectivity index (χ0v) is 15.1. The molecule has 148 valence electrons. The number of fused-ring (bicyclic) bond motifs is 1. The number of halogens is 1. The summed E-state index contributed by atoms with van der Waals surface area (Å²) < 4.78 is 24.9. The SMILES string of the molecule is O=C(O)CCNC(=O)NC(Cc1ccc(F)cc1)C1COc2ccccc2O1. The second-order valence-corrected chi connectivity index (χ2v) is 6.40. The van der Waals surface area contributed by atoms with Crippen LogP contribution in [-0.4, -0.2) is 42.4 Å². The van der Waals surface area contributed by atoms with Crippen molar-refractivity contribution in [2.24, 2.45) is 0 Å². The molecule has 28 heavy (non-hydrogen) atoms. The van der Waals surface area contributed by atoms with E-state index in [1.165, 1.54) is 12.1 Å². The lowest BCUT2D eigenvalue weighted by Crippen LogP contribution is -2.53. The largest absolute Gasteiger partial charge is 0.486 e. The van der Waals surface area contributed by atoms with Gasteiger partial charge in [0.25, 0.3) is 0 Å². The molecule has 0 fully saturated rings. The number of carbonyl (C=O) groups is 2. The maximum Gasteiger partial charge on any atom is 0.315 e. The lowest BCUT2D eigenvalue weighted by atomic mass is 10.0. The van der Waals surface area contributed by atoms with E-state index in [1.54, 1.807) is 24.3 Å². The van der Waals surface area contributed by atoms with Gasteiger partial charge in [-0.05, 0) is 36.2 Å². The van der Waals surface area contributed by atoms with E-state index in [9.17, 15) is 14.0 Å². The van der Waals surface area contributed by atoms with Gasteiger partial charge >= 0.3 is 12.0 Å². The van der Waals surface area contributed by atoms with Gasteiger partial charge in [0.15, 0.2) is 17.6 Å². The lowest BCUT2D eigenvalue weighted by Gasteiger charge is -2.32. The standard InChI is InChI=1S/C20H21FN2O5/c21-14-7-5-13(6-8-14)11-15(23-20(26)22-10-9-19(24)25)18-12-27-16-3-1-2-4-17(16)28-18/h1-8,15,18H,9-12H2,(H,24,25)(H2,22,23,26). The summed E-state index contributed by atoms with van der Waals surface area (Å²) >= 11 is 0. The fourth-order valence-corrected chi connectivity index (χ4v) is 2.89. The van der Waals surface area contributed by atoms with Crippen LogP contribution in [-0.2, 0) is 11.2 Å². The molecular formula is C20H21FN2O5. The summed E-state index contributed by atoms with van der Waals surface area (Å²) in [4.78, 5) is 22.8. The van der Waals surface area contributed by atoms with Crippen LogP contribution in [0.3, 0.4) is 0 Å². The molecule has 1 aliphatic rings. The zero-order valence-electron chi connectivity index (χ0n) is 15.1. The van der Waals surface area contributed by atoms with Crippen molar-refractivity contribution in [3.8, 4) is 11.5 Å². The van der Waals surface area contributed by atoms with Crippen molar-refractivity contribution in [1.29, 1.82) is 0 Å². The number of benzene rings is 2. The minimum absolute atomic E-state index is 0.00922. The molecule has 0 aromatic heterocycles. The highest BCUT2D eigenvalue weighted by Crippen LogP contribution is 2.32. The highest BCUT2D eigenvalue weighted by Gasteiger charge is 2.30. The molecule has 3 rings (SSSR count). The maximum atomic E-state index is 13.2. The zero-order chi connectivity index (χ0) is 19.9. The number of hydrogen-bond acceptors (Lipinski definition) is 4. The minimum atomic E-state index is -0.996. The van der Waals surface area contributed by atoms with Crippen LogP contribution in [0.1, 0.15) is 12.0 Å². The summed E-state index contributed by atoms with van der Waals surface area (Å²) in [6.07, 6.45) is -0.250. The van der Waals surface area contributed by atoms with E-state index in [4.69, 9.17) is 14.6 Å². The van der Waals surface area contributed by atoms with Crippen molar-refractivity contribution in [3.63, 3.8) is 0 Å². The Labute approximate surface area is 161 Å². The van der Waals surface area contributed by atoms with Gasteiger partial charge in [0.05, 0.1) is 12.5 Å². The number of hydrogen-bond donors (Lipinski definition) is 3. The molecule has 0 saturated carbocycles. The molecule has 0 radical (unpaired) electrons. The monoisotopic (exact) mass is 388 g/mol. The third-order valence-electron chi connectivity index (χ3n) is 4.29. The highest BCUT2D eigenvalue weighted by molar-refractivity contribution is 5.75. The summed E-state index contributed by atoms with van der Waals surface area (Å²) in [5, 5.41) is 14.0. The first kappa shape index (κ1) is 19.5. The first-order valence-corrected chi connectivity index (χ1v) is 8.90. The number of nitrogens with one attached hydrogen (secondary N) is 2. The van der Waals surface area contributed by atoms with Crippen LogP contribution in [0.4, 0.5) is 9.18 Å². The van der Waals surface area contributed by atoms with E-state index in [-0.39, 0.29) is 25.4 Å². The molecule has 0 spiro atoms. The first-order valence-electron chi connectivity index (χ1n) is 8.90. The molecule has 1 heterocycles. The molecule has 0 aliphatic carbocycles. The van der Waals surface area contributed by atoms with Crippen LogP contribution >= 0.6 is 0 Å². The van der Waals surface area contributed by atoms with Crippen molar-refractivity contribution in [2.75, 3.05) is 13.2 Å². The molecule has 7 nitrogen and oxygen atoms in total. The highest BCUT2D eigenvalue weighted by atomic mass is 19.1. The van der Waals surface area contributed by atoms with E-state index in [2.05, 4.69) is 10.6 Å². The number of carbonyl (C=O) groups excluding carboxylic acids is 1. The molecule has 2 atom stereocenters. The van der Waals surface area contributed by atoms with E-state index in [1.807, 2.05) is 12.1 Å². The maximum absolute atomic E-state index is 13.2. The molecule has 2 aromatic rings. The van der Waals surface area contributed by atoms with Crippen LogP contribution in [0.5, 0.6) is 11.5 Å². The van der Waals surface area contributed by atoms with Crippen LogP contribution in [0.2, 0.25) is 0 Å². The Kier molecular flexibility index (Phi) is 6.31. The van der Waals surface area contributed by atoms with Crippen molar-refractivity contribution in [2.45, 2.75) is 25.0 Å². The second kappa shape index (κ2) is 9.07. The van der Waals surface area contributed by atoms with Gasteiger partial charge in [-0.15, -0.1) is 0 Å². The van der Waals surface area contributed by atoms with Crippen LogP contribution < -0.4 is 20.1 Å². The molecule has 2 amide bonds. The number of rotatable bonds is 7. The third kappa shape index (κ3) is 5.35. The summed E-state index contributed by atoms with van der Waals surface area (Å²) in [6.45, 7) is 0.244. The Bertz CT molecular complexity index is 828.